The minimum atomic E-state index is -0.968. The van der Waals surface area contributed by atoms with Crippen molar-refractivity contribution in [2.45, 2.75) is 76.3 Å². The quantitative estimate of drug-likeness (QED) is 0.724. The van der Waals surface area contributed by atoms with Crippen LogP contribution in [0.2, 0.25) is 0 Å². The van der Waals surface area contributed by atoms with Gasteiger partial charge in [0, 0.05) is 12.1 Å². The van der Waals surface area contributed by atoms with E-state index in [4.69, 9.17) is 5.11 Å². The van der Waals surface area contributed by atoms with Crippen LogP contribution in [0.3, 0.4) is 0 Å². The number of carboxylic acids is 1. The summed E-state index contributed by atoms with van der Waals surface area (Å²) in [5, 5.41) is 11.5. The minimum absolute atomic E-state index is 0.278. The van der Waals surface area contributed by atoms with E-state index in [1.807, 2.05) is 0 Å². The Balaban J connectivity index is 0.000000280. The van der Waals surface area contributed by atoms with E-state index in [1.54, 1.807) is 0 Å². The normalized spacial score (nSPS) is 22.1. The van der Waals surface area contributed by atoms with Crippen LogP contribution >= 0.6 is 0 Å². The molecule has 2 rings (SSSR count). The molecule has 0 atom stereocenters. The lowest BCUT2D eigenvalue weighted by Crippen LogP contribution is -2.40. The molecule has 0 unspecified atom stereocenters. The third-order valence-corrected chi connectivity index (χ3v) is 3.86. The zero-order valence-corrected chi connectivity index (χ0v) is 11.4. The maximum Gasteiger partial charge on any atom is 0.317 e. The summed E-state index contributed by atoms with van der Waals surface area (Å²) >= 11 is 0. The van der Waals surface area contributed by atoms with Gasteiger partial charge in [-0.2, -0.15) is 0 Å². The average Bonchev–Trinajstić information content (AvgIpc) is 2.42. The monoisotopic (exact) mass is 256 g/mol. The summed E-state index contributed by atoms with van der Waals surface area (Å²) in [6.45, 7) is -0.278. The van der Waals surface area contributed by atoms with Crippen LogP contribution in [0.25, 0.3) is 0 Å². The molecular weight excluding hydrogens is 228 g/mol. The number of carbonyl (C=O) groups is 1. The van der Waals surface area contributed by atoms with Gasteiger partial charge in [-0.05, 0) is 25.7 Å². The smallest absolute Gasteiger partial charge is 0.317 e. The predicted molar refractivity (Wildman–Crippen MR) is 73.6 cm³/mol. The highest BCUT2D eigenvalue weighted by molar-refractivity contribution is 5.68. The van der Waals surface area contributed by atoms with Crippen molar-refractivity contribution in [3.05, 3.63) is 0 Å². The molecule has 0 amide bonds. The highest BCUT2D eigenvalue weighted by atomic mass is 16.4. The molecule has 0 saturated heterocycles. The molecule has 0 radical (unpaired) electrons. The summed E-state index contributed by atoms with van der Waals surface area (Å²) in [6.07, 6.45) is 14.6. The molecule has 0 aromatic rings. The molecule has 4 nitrogen and oxygen atoms in total. The van der Waals surface area contributed by atoms with Crippen molar-refractivity contribution < 1.29 is 9.90 Å². The van der Waals surface area contributed by atoms with Gasteiger partial charge in [-0.1, -0.05) is 38.5 Å². The van der Waals surface area contributed by atoms with E-state index >= 15 is 0 Å². The Morgan fingerprint density at radius 2 is 1.28 bits per heavy atom. The van der Waals surface area contributed by atoms with Crippen LogP contribution in [-0.4, -0.2) is 29.7 Å². The second kappa shape index (κ2) is 9.34. The Labute approximate surface area is 110 Å². The van der Waals surface area contributed by atoms with Gasteiger partial charge >= 0.3 is 5.97 Å². The number of hydrogen-bond donors (Lipinski definition) is 3. The van der Waals surface area contributed by atoms with Crippen LogP contribution in [0.1, 0.15) is 64.2 Å². The minimum Gasteiger partial charge on any atom is -0.480 e. The molecule has 18 heavy (non-hydrogen) atoms. The number of nitrogens with two attached hydrogens (primary N) is 1. The highest BCUT2D eigenvalue weighted by Gasteiger charge is 2.19. The Morgan fingerprint density at radius 3 is 1.56 bits per heavy atom. The van der Waals surface area contributed by atoms with Gasteiger partial charge in [-0.15, -0.1) is 0 Å². The molecule has 2 fully saturated rings. The van der Waals surface area contributed by atoms with Gasteiger partial charge in [-0.3, -0.25) is 4.79 Å². The summed E-state index contributed by atoms with van der Waals surface area (Å²) in [5.74, 6) is -0.968. The Hall–Kier alpha value is -0.610. The molecule has 0 aromatic carbocycles. The first-order valence-corrected chi connectivity index (χ1v) is 7.40. The van der Waals surface area contributed by atoms with E-state index in [9.17, 15) is 4.79 Å². The number of hydrogen-bond acceptors (Lipinski definition) is 3. The first kappa shape index (κ1) is 15.4. The van der Waals surface area contributed by atoms with Crippen LogP contribution in [0.15, 0.2) is 0 Å². The first-order valence-electron chi connectivity index (χ1n) is 7.40. The van der Waals surface area contributed by atoms with Crippen LogP contribution in [0.5, 0.6) is 0 Å². The molecule has 0 heterocycles. The third-order valence-electron chi connectivity index (χ3n) is 3.86. The second-order valence-electron chi connectivity index (χ2n) is 5.43. The summed E-state index contributed by atoms with van der Waals surface area (Å²) < 4.78 is 0. The summed E-state index contributed by atoms with van der Waals surface area (Å²) in [4.78, 5) is 9.24. The average molecular weight is 256 g/mol. The second-order valence-corrected chi connectivity index (χ2v) is 5.43. The zero-order chi connectivity index (χ0) is 13.2. The Kier molecular flexibility index (Phi) is 8.01. The van der Waals surface area contributed by atoms with Gasteiger partial charge in [0.1, 0.15) is 0 Å². The van der Waals surface area contributed by atoms with Gasteiger partial charge in [0.2, 0.25) is 0 Å². The lowest BCUT2D eigenvalue weighted by atomic mass is 9.91. The molecular formula is C14H28N2O2. The maximum absolute atomic E-state index is 9.24. The van der Waals surface area contributed by atoms with Gasteiger partial charge in [0.25, 0.3) is 0 Å². The Morgan fingerprint density at radius 1 is 0.944 bits per heavy atom. The maximum atomic E-state index is 9.24. The molecule has 106 valence electrons. The van der Waals surface area contributed by atoms with E-state index in [-0.39, 0.29) is 6.54 Å². The fourth-order valence-corrected chi connectivity index (χ4v) is 2.87. The van der Waals surface area contributed by atoms with Crippen molar-refractivity contribution in [3.63, 3.8) is 0 Å². The number of nitrogens with one attached hydrogen (secondary N) is 1. The molecule has 0 aromatic heterocycles. The summed E-state index contributed by atoms with van der Waals surface area (Å²) in [6, 6.07) is 1.74. The van der Waals surface area contributed by atoms with Crippen molar-refractivity contribution in [2.75, 3.05) is 6.54 Å². The number of carboxylic acid groups (broad SMARTS) is 1. The van der Waals surface area contributed by atoms with Gasteiger partial charge in [-0.25, -0.2) is 0 Å². The van der Waals surface area contributed by atoms with Crippen molar-refractivity contribution >= 4 is 5.97 Å². The molecule has 4 heteroatoms. The standard InChI is InChI=1S/C12H23N.C2H5NO2/c1-3-7-11(8-4-1)13-12-9-5-2-6-10-12;3-1-2(4)5/h11-13H,1-10H2;1,3H2,(H,4,5). The van der Waals surface area contributed by atoms with Crippen LogP contribution < -0.4 is 11.1 Å². The van der Waals surface area contributed by atoms with E-state index in [2.05, 4.69) is 11.1 Å². The number of rotatable bonds is 3. The molecule has 2 saturated carbocycles. The SMILES string of the molecule is C1CCC(NC2CCCCC2)CC1.NCC(=O)O. The lowest BCUT2D eigenvalue weighted by Gasteiger charge is -2.30. The van der Waals surface area contributed by atoms with E-state index in [0.717, 1.165) is 12.1 Å². The van der Waals surface area contributed by atoms with Gasteiger partial charge < -0.3 is 16.2 Å². The Bertz CT molecular complexity index is 206. The number of aliphatic carboxylic acids is 1. The topological polar surface area (TPSA) is 75.3 Å². The van der Waals surface area contributed by atoms with Gasteiger partial charge in [0.05, 0.1) is 6.54 Å². The van der Waals surface area contributed by atoms with Crippen LogP contribution in [-0.2, 0) is 4.79 Å². The largest absolute Gasteiger partial charge is 0.480 e. The first-order chi connectivity index (χ1) is 8.72. The highest BCUT2D eigenvalue weighted by Crippen LogP contribution is 2.22. The van der Waals surface area contributed by atoms with Crippen LogP contribution in [0.4, 0.5) is 0 Å². The molecule has 0 spiro atoms. The van der Waals surface area contributed by atoms with E-state index in [0.29, 0.717) is 0 Å². The fourth-order valence-electron chi connectivity index (χ4n) is 2.87. The molecule has 0 aliphatic heterocycles. The van der Waals surface area contributed by atoms with Crippen molar-refractivity contribution in [1.29, 1.82) is 0 Å². The molecule has 2 aliphatic carbocycles. The van der Waals surface area contributed by atoms with Gasteiger partial charge in [0.15, 0.2) is 0 Å². The third kappa shape index (κ3) is 6.97. The van der Waals surface area contributed by atoms with Crippen molar-refractivity contribution in [3.8, 4) is 0 Å². The van der Waals surface area contributed by atoms with Crippen molar-refractivity contribution in [2.24, 2.45) is 5.73 Å². The predicted octanol–water partition coefficient (Wildman–Crippen LogP) is 2.27. The summed E-state index contributed by atoms with van der Waals surface area (Å²) in [5.41, 5.74) is 4.57. The van der Waals surface area contributed by atoms with Crippen LogP contribution in [0, 0.1) is 0 Å². The van der Waals surface area contributed by atoms with Crippen molar-refractivity contribution in [1.82, 2.24) is 5.32 Å². The fraction of sp³-hybridized carbons (Fsp3) is 0.929. The summed E-state index contributed by atoms with van der Waals surface area (Å²) in [7, 11) is 0. The molecule has 4 N–H and O–H groups in total. The van der Waals surface area contributed by atoms with E-state index in [1.165, 1.54) is 64.2 Å². The lowest BCUT2D eigenvalue weighted by molar-refractivity contribution is -0.135. The van der Waals surface area contributed by atoms with E-state index < -0.39 is 5.97 Å². The molecule has 0 bridgehead atoms. The molecule has 2 aliphatic rings. The zero-order valence-electron chi connectivity index (χ0n) is 11.4.